The Labute approximate surface area is 141 Å². The molecule has 0 bridgehead atoms. The fourth-order valence-electron chi connectivity index (χ4n) is 2.69. The van der Waals surface area contributed by atoms with Crippen LogP contribution in [-0.4, -0.2) is 48.8 Å². The van der Waals surface area contributed by atoms with Gasteiger partial charge in [-0.05, 0) is 37.5 Å². The van der Waals surface area contributed by atoms with E-state index in [0.717, 1.165) is 12.8 Å². The van der Waals surface area contributed by atoms with E-state index in [1.807, 2.05) is 17.0 Å². The zero-order valence-corrected chi connectivity index (χ0v) is 14.1. The van der Waals surface area contributed by atoms with E-state index in [1.165, 1.54) is 0 Å². The van der Waals surface area contributed by atoms with Crippen molar-refractivity contribution in [1.82, 2.24) is 10.2 Å². The number of likely N-dealkylation sites (tertiary alicyclic amines) is 1. The second kappa shape index (κ2) is 8.77. The van der Waals surface area contributed by atoms with Crippen molar-refractivity contribution in [2.75, 3.05) is 26.1 Å². The lowest BCUT2D eigenvalue weighted by atomic mass is 10.0. The Hall–Kier alpha value is -1.75. The van der Waals surface area contributed by atoms with Crippen LogP contribution in [0, 0.1) is 0 Å². The van der Waals surface area contributed by atoms with E-state index in [9.17, 15) is 9.59 Å². The molecule has 1 heterocycles. The Kier molecular flexibility index (Phi) is 6.71. The summed E-state index contributed by atoms with van der Waals surface area (Å²) in [5, 5.41) is 3.02. The molecule has 0 atom stereocenters. The Morgan fingerprint density at radius 1 is 1.35 bits per heavy atom. The minimum atomic E-state index is 0.0100. The second-order valence-electron chi connectivity index (χ2n) is 5.66. The van der Waals surface area contributed by atoms with Gasteiger partial charge in [0.2, 0.25) is 5.91 Å². The average Bonchev–Trinajstić information content (AvgIpc) is 2.60. The van der Waals surface area contributed by atoms with Crippen LogP contribution < -0.4 is 10.1 Å². The highest BCUT2D eigenvalue weighted by molar-refractivity contribution is 6.17. The van der Waals surface area contributed by atoms with Crippen molar-refractivity contribution in [3.63, 3.8) is 0 Å². The van der Waals surface area contributed by atoms with E-state index in [4.69, 9.17) is 16.3 Å². The number of nitrogens with one attached hydrogen (secondary N) is 1. The number of alkyl halides is 1. The van der Waals surface area contributed by atoms with Crippen molar-refractivity contribution < 1.29 is 14.3 Å². The first-order chi connectivity index (χ1) is 11.1. The Balaban J connectivity index is 1.83. The molecule has 0 aromatic heterocycles. The van der Waals surface area contributed by atoms with Crippen LogP contribution in [0.15, 0.2) is 24.3 Å². The van der Waals surface area contributed by atoms with Gasteiger partial charge < -0.3 is 15.0 Å². The zero-order chi connectivity index (χ0) is 16.7. The lowest BCUT2D eigenvalue weighted by molar-refractivity contribution is -0.122. The summed E-state index contributed by atoms with van der Waals surface area (Å²) < 4.78 is 5.16. The number of carbonyl (C=O) groups is 2. The molecule has 1 aromatic carbocycles. The van der Waals surface area contributed by atoms with Crippen LogP contribution in [0.2, 0.25) is 0 Å². The first-order valence-corrected chi connectivity index (χ1v) is 8.46. The highest BCUT2D eigenvalue weighted by Crippen LogP contribution is 2.18. The zero-order valence-electron chi connectivity index (χ0n) is 13.4. The molecule has 23 heavy (non-hydrogen) atoms. The van der Waals surface area contributed by atoms with Gasteiger partial charge in [0, 0.05) is 37.0 Å². The number of benzene rings is 1. The first-order valence-electron chi connectivity index (χ1n) is 7.92. The molecule has 2 rings (SSSR count). The fourth-order valence-corrected chi connectivity index (χ4v) is 2.83. The fraction of sp³-hybridized carbons (Fsp3) is 0.529. The van der Waals surface area contributed by atoms with Crippen LogP contribution >= 0.6 is 11.6 Å². The SMILES string of the molecule is COc1cccc(C(=O)N2CCC(NC(=O)CCCCl)CC2)c1. The van der Waals surface area contributed by atoms with Gasteiger partial charge in [0.05, 0.1) is 7.11 Å². The molecular weight excluding hydrogens is 316 g/mol. The summed E-state index contributed by atoms with van der Waals surface area (Å²) in [4.78, 5) is 26.0. The molecule has 5 nitrogen and oxygen atoms in total. The minimum absolute atomic E-state index is 0.0100. The maximum atomic E-state index is 12.5. The quantitative estimate of drug-likeness (QED) is 0.810. The van der Waals surface area contributed by atoms with E-state index in [0.29, 0.717) is 43.1 Å². The molecule has 2 amide bonds. The number of methoxy groups -OCH3 is 1. The molecule has 0 aliphatic carbocycles. The van der Waals surface area contributed by atoms with Gasteiger partial charge in [-0.2, -0.15) is 0 Å². The molecular formula is C17H23ClN2O3. The van der Waals surface area contributed by atoms with Crippen molar-refractivity contribution in [3.8, 4) is 5.75 Å². The van der Waals surface area contributed by atoms with Crippen molar-refractivity contribution in [2.24, 2.45) is 0 Å². The summed E-state index contributed by atoms with van der Waals surface area (Å²) in [6, 6.07) is 7.33. The van der Waals surface area contributed by atoms with Gasteiger partial charge >= 0.3 is 0 Å². The maximum Gasteiger partial charge on any atom is 0.253 e. The third-order valence-corrected chi connectivity index (χ3v) is 4.27. The van der Waals surface area contributed by atoms with Crippen molar-refractivity contribution in [1.29, 1.82) is 0 Å². The molecule has 0 radical (unpaired) electrons. The van der Waals surface area contributed by atoms with Crippen LogP contribution in [-0.2, 0) is 4.79 Å². The first kappa shape index (κ1) is 17.6. The predicted octanol–water partition coefficient (Wildman–Crippen LogP) is 2.44. The van der Waals surface area contributed by atoms with Crippen LogP contribution in [0.4, 0.5) is 0 Å². The molecule has 1 aliphatic heterocycles. The summed E-state index contributed by atoms with van der Waals surface area (Å²) in [6.07, 6.45) is 2.72. The average molecular weight is 339 g/mol. The Morgan fingerprint density at radius 3 is 2.74 bits per heavy atom. The number of piperidine rings is 1. The number of nitrogens with zero attached hydrogens (tertiary/aromatic N) is 1. The monoisotopic (exact) mass is 338 g/mol. The number of halogens is 1. The van der Waals surface area contributed by atoms with Crippen LogP contribution in [0.3, 0.4) is 0 Å². The summed E-state index contributed by atoms with van der Waals surface area (Å²) in [5.74, 6) is 1.23. The number of rotatable bonds is 6. The van der Waals surface area contributed by atoms with Gasteiger partial charge in [-0.1, -0.05) is 6.07 Å². The van der Waals surface area contributed by atoms with Gasteiger partial charge in [-0.3, -0.25) is 9.59 Å². The van der Waals surface area contributed by atoms with E-state index < -0.39 is 0 Å². The highest BCUT2D eigenvalue weighted by Gasteiger charge is 2.24. The van der Waals surface area contributed by atoms with Gasteiger partial charge in [-0.25, -0.2) is 0 Å². The second-order valence-corrected chi connectivity index (χ2v) is 6.04. The van der Waals surface area contributed by atoms with Gasteiger partial charge in [-0.15, -0.1) is 11.6 Å². The number of ether oxygens (including phenoxy) is 1. The Morgan fingerprint density at radius 2 is 2.09 bits per heavy atom. The molecule has 0 unspecified atom stereocenters. The molecule has 1 aliphatic rings. The predicted molar refractivity (Wildman–Crippen MR) is 90.0 cm³/mol. The molecule has 1 aromatic rings. The summed E-state index contributed by atoms with van der Waals surface area (Å²) in [6.45, 7) is 1.30. The van der Waals surface area contributed by atoms with Crippen LogP contribution in [0.25, 0.3) is 0 Å². The number of hydrogen-bond donors (Lipinski definition) is 1. The molecule has 1 N–H and O–H groups in total. The summed E-state index contributed by atoms with van der Waals surface area (Å²) >= 11 is 5.59. The third kappa shape index (κ3) is 5.13. The largest absolute Gasteiger partial charge is 0.497 e. The van der Waals surface area contributed by atoms with Crippen LogP contribution in [0.5, 0.6) is 5.75 Å². The van der Waals surface area contributed by atoms with Crippen molar-refractivity contribution >= 4 is 23.4 Å². The van der Waals surface area contributed by atoms with E-state index in [2.05, 4.69) is 5.32 Å². The molecule has 6 heteroatoms. The standard InChI is InChI=1S/C17H23ClN2O3/c1-23-15-5-2-4-13(12-15)17(22)20-10-7-14(8-11-20)19-16(21)6-3-9-18/h2,4-5,12,14H,3,6-11H2,1H3,(H,19,21). The lowest BCUT2D eigenvalue weighted by Crippen LogP contribution is -2.46. The molecule has 1 fully saturated rings. The summed E-state index contributed by atoms with van der Waals surface area (Å²) in [5.41, 5.74) is 0.633. The molecule has 1 saturated heterocycles. The topological polar surface area (TPSA) is 58.6 Å². The van der Waals surface area contributed by atoms with Crippen LogP contribution in [0.1, 0.15) is 36.0 Å². The molecule has 0 spiro atoms. The number of carbonyl (C=O) groups excluding carboxylic acids is 2. The third-order valence-electron chi connectivity index (χ3n) is 4.00. The molecule has 0 saturated carbocycles. The van der Waals surface area contributed by atoms with E-state index >= 15 is 0 Å². The lowest BCUT2D eigenvalue weighted by Gasteiger charge is -2.32. The Bertz CT molecular complexity index is 542. The van der Waals surface area contributed by atoms with E-state index in [1.54, 1.807) is 19.2 Å². The van der Waals surface area contributed by atoms with Gasteiger partial charge in [0.25, 0.3) is 5.91 Å². The normalized spacial score (nSPS) is 15.3. The minimum Gasteiger partial charge on any atom is -0.497 e. The van der Waals surface area contributed by atoms with Gasteiger partial charge in [0.1, 0.15) is 5.75 Å². The van der Waals surface area contributed by atoms with Gasteiger partial charge in [0.15, 0.2) is 0 Å². The number of amides is 2. The maximum absolute atomic E-state index is 12.5. The van der Waals surface area contributed by atoms with E-state index in [-0.39, 0.29) is 17.9 Å². The number of hydrogen-bond acceptors (Lipinski definition) is 3. The highest BCUT2D eigenvalue weighted by atomic mass is 35.5. The van der Waals surface area contributed by atoms with Crippen molar-refractivity contribution in [3.05, 3.63) is 29.8 Å². The van der Waals surface area contributed by atoms with Crippen molar-refractivity contribution in [2.45, 2.75) is 31.7 Å². The molecule has 126 valence electrons. The smallest absolute Gasteiger partial charge is 0.253 e. The summed E-state index contributed by atoms with van der Waals surface area (Å²) in [7, 11) is 1.59.